The van der Waals surface area contributed by atoms with E-state index in [4.69, 9.17) is 62.6 Å². The highest BCUT2D eigenvalue weighted by Gasteiger charge is 2.54. The van der Waals surface area contributed by atoms with Gasteiger partial charge in [-0.2, -0.15) is 9.67 Å². The molecule has 7 heterocycles. The first-order valence-corrected chi connectivity index (χ1v) is 18.2. The van der Waals surface area contributed by atoms with Gasteiger partial charge < -0.3 is 44.3 Å². The fourth-order valence-electron chi connectivity index (χ4n) is 5.33. The number of anilines is 2. The van der Waals surface area contributed by atoms with Crippen molar-refractivity contribution in [1.82, 2.24) is 34.5 Å². The highest BCUT2D eigenvalue weighted by molar-refractivity contribution is 8.07. The van der Waals surface area contributed by atoms with Crippen molar-refractivity contribution in [2.75, 3.05) is 24.7 Å². The molecule has 2 unspecified atom stereocenters. The molecule has 3 saturated heterocycles. The number of pyridine rings is 1. The SMILES string of the molecule is Nc1nc2c(nnn2[C@@H]2O[C@@H]3COP(O)(=S)O[C@H]4[C@H](F)[C@H](n5ccc6c(N)ccnc65)O[C@@H]4COP(O)(=S)O[C@@H]2[C@@H]3F)c(=O)[nH]1. The van der Waals surface area contributed by atoms with Crippen LogP contribution in [0, 0.1) is 0 Å². The molecule has 18 nitrogen and oxygen atoms in total. The van der Waals surface area contributed by atoms with Gasteiger partial charge in [-0.15, -0.1) is 5.10 Å². The molecule has 3 aliphatic heterocycles. The average molecular weight is 710 g/mol. The molecule has 0 radical (unpaired) electrons. The Balaban J connectivity index is 1.21. The largest absolute Gasteiger partial charge is 0.398 e. The van der Waals surface area contributed by atoms with Crippen molar-refractivity contribution in [2.45, 2.75) is 49.2 Å². The van der Waals surface area contributed by atoms with E-state index in [0.717, 1.165) is 4.68 Å². The van der Waals surface area contributed by atoms with Gasteiger partial charge >= 0.3 is 13.4 Å². The number of nitrogens with one attached hydrogen (secondary N) is 1. The van der Waals surface area contributed by atoms with Gasteiger partial charge in [-0.3, -0.25) is 18.8 Å². The summed E-state index contributed by atoms with van der Waals surface area (Å²) in [5.74, 6) is -0.290. The Morgan fingerprint density at radius 1 is 0.978 bits per heavy atom. The third-order valence-corrected chi connectivity index (χ3v) is 10.5. The molecule has 3 fully saturated rings. The first-order chi connectivity index (χ1) is 21.3. The number of halogens is 2. The van der Waals surface area contributed by atoms with Crippen molar-refractivity contribution >= 4 is 70.9 Å². The van der Waals surface area contributed by atoms with Gasteiger partial charge in [-0.25, -0.2) is 13.8 Å². The van der Waals surface area contributed by atoms with E-state index in [1.165, 1.54) is 17.0 Å². The van der Waals surface area contributed by atoms with Crippen LogP contribution in [0.4, 0.5) is 20.4 Å². The minimum Gasteiger partial charge on any atom is -0.398 e. The molecule has 0 aliphatic carbocycles. The molecular weight excluding hydrogens is 686 g/mol. The normalized spacial score (nSPS) is 37.7. The minimum absolute atomic E-state index is 0.191. The van der Waals surface area contributed by atoms with Gasteiger partial charge in [-0.1, -0.05) is 5.21 Å². The monoisotopic (exact) mass is 709 g/mol. The summed E-state index contributed by atoms with van der Waals surface area (Å²) in [4.78, 5) is 44.7. The van der Waals surface area contributed by atoms with Gasteiger partial charge in [0.25, 0.3) is 5.56 Å². The average Bonchev–Trinajstić information content (AvgIpc) is 3.72. The van der Waals surface area contributed by atoms with Gasteiger partial charge in [-0.05, 0) is 35.7 Å². The van der Waals surface area contributed by atoms with Crippen LogP contribution in [0.25, 0.3) is 22.2 Å². The molecule has 7 rings (SSSR count). The van der Waals surface area contributed by atoms with Crippen LogP contribution in [-0.4, -0.2) is 94.3 Å². The highest BCUT2D eigenvalue weighted by Crippen LogP contribution is 2.54. The molecule has 0 amide bonds. The number of nitrogens with zero attached hydrogens (tertiary/aromatic N) is 6. The fraction of sp³-hybridized carbons (Fsp3) is 0.476. The summed E-state index contributed by atoms with van der Waals surface area (Å²) in [6.07, 6.45) is -10.2. The zero-order valence-corrected chi connectivity index (χ0v) is 25.8. The number of hydrogen-bond donors (Lipinski definition) is 5. The number of nitrogen functional groups attached to an aromatic ring is 2. The Morgan fingerprint density at radius 2 is 1.67 bits per heavy atom. The van der Waals surface area contributed by atoms with Crippen molar-refractivity contribution in [1.29, 1.82) is 0 Å². The van der Waals surface area contributed by atoms with E-state index in [0.29, 0.717) is 16.7 Å². The van der Waals surface area contributed by atoms with Gasteiger partial charge in [0.15, 0.2) is 36.0 Å². The van der Waals surface area contributed by atoms with Crippen LogP contribution in [0.5, 0.6) is 0 Å². The van der Waals surface area contributed by atoms with Crippen LogP contribution in [0.2, 0.25) is 0 Å². The smallest absolute Gasteiger partial charge is 0.325 e. The zero-order valence-electron chi connectivity index (χ0n) is 22.4. The van der Waals surface area contributed by atoms with Crippen LogP contribution in [0.3, 0.4) is 0 Å². The number of H-pyrrole nitrogens is 1. The van der Waals surface area contributed by atoms with Gasteiger partial charge in [0, 0.05) is 23.5 Å². The molecule has 4 aromatic rings. The lowest BCUT2D eigenvalue weighted by atomic mass is 10.1. The summed E-state index contributed by atoms with van der Waals surface area (Å²) in [7, 11) is 0. The van der Waals surface area contributed by atoms with Gasteiger partial charge in [0.05, 0.1) is 13.2 Å². The van der Waals surface area contributed by atoms with E-state index in [9.17, 15) is 14.6 Å². The molecule has 242 valence electrons. The minimum atomic E-state index is -4.36. The number of hydrogen-bond acceptors (Lipinski definition) is 15. The van der Waals surface area contributed by atoms with Crippen molar-refractivity contribution < 1.29 is 46.1 Å². The van der Waals surface area contributed by atoms with Crippen LogP contribution in [0.15, 0.2) is 29.3 Å². The van der Waals surface area contributed by atoms with E-state index < -0.39 is 81.4 Å². The second-order valence-electron chi connectivity index (χ2n) is 10.2. The van der Waals surface area contributed by atoms with Gasteiger partial charge in [0.2, 0.25) is 5.95 Å². The molecule has 24 heteroatoms. The number of rotatable bonds is 2. The quantitative estimate of drug-likeness (QED) is 0.177. The number of fused-ring (bicyclic) bond motifs is 5. The van der Waals surface area contributed by atoms with Crippen molar-refractivity contribution in [3.8, 4) is 0 Å². The standard InChI is InChI=1S/C21H23F2N9O9P2S2/c22-11-9-5-36-42(34,44)40-14-10(39-19(12(14)23)31-4-2-7-8(24)1-3-26-16(7)31)6-37-43(35,45)41-15(11)20(38-9)32-17-13(29-30-32)18(33)28-21(25)27-17/h1-4,9-12,14-15,19-20H,5-6H2,(H2,24,26)(H,34,44)(H,35,45)(H3,25,27,28,33)/t9-,10-,11-,12+,14-,15-,19-,20-,42?,43?/m1/s1. The third kappa shape index (κ3) is 5.57. The van der Waals surface area contributed by atoms with Crippen molar-refractivity contribution in [3.05, 3.63) is 34.9 Å². The Kier molecular flexibility index (Phi) is 7.78. The van der Waals surface area contributed by atoms with Crippen LogP contribution in [0.1, 0.15) is 12.5 Å². The lowest BCUT2D eigenvalue weighted by Crippen LogP contribution is -2.34. The fourth-order valence-corrected chi connectivity index (χ4v) is 8.17. The summed E-state index contributed by atoms with van der Waals surface area (Å²) in [5.41, 5.74) is 11.2. The maximum Gasteiger partial charge on any atom is 0.325 e. The molecule has 0 aromatic carbocycles. The van der Waals surface area contributed by atoms with E-state index >= 15 is 8.78 Å². The zero-order chi connectivity index (χ0) is 31.8. The molecule has 0 spiro atoms. The summed E-state index contributed by atoms with van der Waals surface area (Å²) >= 11 is 10.3. The van der Waals surface area contributed by atoms with Crippen molar-refractivity contribution in [3.63, 3.8) is 0 Å². The second kappa shape index (κ2) is 11.3. The molecule has 10 atom stereocenters. The van der Waals surface area contributed by atoms with Gasteiger partial charge in [0.1, 0.15) is 30.1 Å². The summed E-state index contributed by atoms with van der Waals surface area (Å²) in [6.45, 7) is -10.0. The lowest BCUT2D eigenvalue weighted by molar-refractivity contribution is -0.0639. The Hall–Kier alpha value is -2.59. The first-order valence-electron chi connectivity index (χ1n) is 13.0. The highest BCUT2D eigenvalue weighted by atomic mass is 32.5. The Labute approximate surface area is 260 Å². The number of aromatic amines is 1. The topological polar surface area (TPSA) is 242 Å². The van der Waals surface area contributed by atoms with Crippen LogP contribution >= 0.6 is 13.4 Å². The molecule has 45 heavy (non-hydrogen) atoms. The molecule has 2 bridgehead atoms. The van der Waals surface area contributed by atoms with E-state index in [-0.39, 0.29) is 17.1 Å². The van der Waals surface area contributed by atoms with Crippen molar-refractivity contribution in [2.24, 2.45) is 0 Å². The Morgan fingerprint density at radius 3 is 2.42 bits per heavy atom. The van der Waals surface area contributed by atoms with E-state index in [2.05, 4.69) is 25.3 Å². The first kappa shape index (κ1) is 31.0. The number of aromatic nitrogens is 7. The van der Waals surface area contributed by atoms with E-state index in [1.54, 1.807) is 12.1 Å². The number of nitrogens with two attached hydrogens (primary N) is 2. The second-order valence-corrected chi connectivity index (χ2v) is 15.8. The van der Waals surface area contributed by atoms with Crippen LogP contribution in [-0.2, 0) is 51.2 Å². The maximum atomic E-state index is 16.0. The van der Waals surface area contributed by atoms with E-state index in [1.807, 2.05) is 0 Å². The number of alkyl halides is 2. The lowest BCUT2D eigenvalue weighted by Gasteiger charge is -2.27. The Bertz CT molecular complexity index is 1950. The predicted octanol–water partition coefficient (Wildman–Crippen LogP) is 0.451. The molecule has 0 saturated carbocycles. The molecule has 3 aliphatic rings. The molecule has 7 N–H and O–H groups in total. The summed E-state index contributed by atoms with van der Waals surface area (Å²) in [6, 6.07) is 3.20. The summed E-state index contributed by atoms with van der Waals surface area (Å²) < 4.78 is 67.8. The number of ether oxygens (including phenoxy) is 2. The van der Waals surface area contributed by atoms with Crippen LogP contribution < -0.4 is 17.0 Å². The summed E-state index contributed by atoms with van der Waals surface area (Å²) in [5, 5.41) is 8.11. The molecular formula is C21H23F2N9O9P2S2. The molecule has 4 aromatic heterocycles. The third-order valence-electron chi connectivity index (χ3n) is 7.36. The maximum absolute atomic E-state index is 16.0. The predicted molar refractivity (Wildman–Crippen MR) is 157 cm³/mol.